The molecule has 3 nitrogen and oxygen atoms in total. The number of hydrogen-bond donors (Lipinski definition) is 2. The second-order valence-corrected chi connectivity index (χ2v) is 3.96. The van der Waals surface area contributed by atoms with Gasteiger partial charge in [-0.05, 0) is 33.1 Å². The van der Waals surface area contributed by atoms with Crippen molar-refractivity contribution < 1.29 is 9.90 Å². The van der Waals surface area contributed by atoms with Gasteiger partial charge in [0.05, 0.1) is 0 Å². The van der Waals surface area contributed by atoms with Gasteiger partial charge in [0.25, 0.3) is 0 Å². The van der Waals surface area contributed by atoms with Crippen LogP contribution in [0.4, 0.5) is 0 Å². The van der Waals surface area contributed by atoms with Crippen molar-refractivity contribution >= 4 is 5.97 Å². The zero-order chi connectivity index (χ0) is 10.7. The van der Waals surface area contributed by atoms with E-state index < -0.39 is 12.0 Å². The lowest BCUT2D eigenvalue weighted by molar-refractivity contribution is -0.138. The lowest BCUT2D eigenvalue weighted by Gasteiger charge is -2.18. The van der Waals surface area contributed by atoms with Gasteiger partial charge in [-0.3, -0.25) is 4.79 Å². The summed E-state index contributed by atoms with van der Waals surface area (Å²) in [7, 11) is 0. The molecule has 3 heteroatoms. The Morgan fingerprint density at radius 2 is 2.29 bits per heavy atom. The van der Waals surface area contributed by atoms with E-state index in [9.17, 15) is 4.79 Å². The molecule has 0 saturated heterocycles. The van der Waals surface area contributed by atoms with Crippen LogP contribution in [-0.4, -0.2) is 17.1 Å². The molecule has 0 saturated carbocycles. The predicted octanol–water partition coefficient (Wildman–Crippen LogP) is 1.84. The Hall–Kier alpha value is -1.09. The van der Waals surface area contributed by atoms with Crippen LogP contribution < -0.4 is 5.73 Å². The third-order valence-corrected chi connectivity index (χ3v) is 2.63. The van der Waals surface area contributed by atoms with E-state index in [0.29, 0.717) is 6.42 Å². The number of allylic oxidation sites excluding steroid dienone is 3. The Morgan fingerprint density at radius 1 is 1.64 bits per heavy atom. The molecule has 1 rings (SSSR count). The Morgan fingerprint density at radius 3 is 2.79 bits per heavy atom. The minimum absolute atomic E-state index is 0.477. The molecule has 0 aromatic heterocycles. The summed E-state index contributed by atoms with van der Waals surface area (Å²) in [6.45, 7) is 4.15. The van der Waals surface area contributed by atoms with Crippen molar-refractivity contribution in [3.8, 4) is 0 Å². The summed E-state index contributed by atoms with van der Waals surface area (Å²) >= 11 is 0. The van der Waals surface area contributed by atoms with Gasteiger partial charge in [-0.25, -0.2) is 0 Å². The predicted molar refractivity (Wildman–Crippen MR) is 55.9 cm³/mol. The van der Waals surface area contributed by atoms with E-state index in [1.807, 2.05) is 0 Å². The maximum atomic E-state index is 10.6. The van der Waals surface area contributed by atoms with Gasteiger partial charge in [0, 0.05) is 0 Å². The first-order chi connectivity index (χ1) is 6.50. The van der Waals surface area contributed by atoms with Crippen molar-refractivity contribution in [1.29, 1.82) is 0 Å². The summed E-state index contributed by atoms with van der Waals surface area (Å²) in [5, 5.41) is 8.69. The van der Waals surface area contributed by atoms with Crippen LogP contribution in [-0.2, 0) is 4.79 Å². The first kappa shape index (κ1) is 11.0. The SMILES string of the molecule is CC1=CCC(CC(N)C(=O)O)=C(C)C1. The van der Waals surface area contributed by atoms with Gasteiger partial charge in [-0.2, -0.15) is 0 Å². The molecule has 0 aromatic carbocycles. The van der Waals surface area contributed by atoms with E-state index >= 15 is 0 Å². The molecule has 0 aliphatic heterocycles. The molecule has 1 unspecified atom stereocenters. The van der Waals surface area contributed by atoms with Gasteiger partial charge in [-0.1, -0.05) is 22.8 Å². The fourth-order valence-corrected chi connectivity index (χ4v) is 1.70. The Kier molecular flexibility index (Phi) is 3.47. The quantitative estimate of drug-likeness (QED) is 0.675. The Bertz CT molecular complexity index is 302. The molecule has 0 radical (unpaired) electrons. The zero-order valence-electron chi connectivity index (χ0n) is 8.71. The van der Waals surface area contributed by atoms with Crippen molar-refractivity contribution in [2.75, 3.05) is 0 Å². The molecule has 0 amide bonds. The monoisotopic (exact) mass is 195 g/mol. The van der Waals surface area contributed by atoms with Crippen LogP contribution in [0.15, 0.2) is 22.8 Å². The number of aliphatic carboxylic acids is 1. The molecule has 1 aliphatic rings. The van der Waals surface area contributed by atoms with E-state index in [0.717, 1.165) is 12.8 Å². The van der Waals surface area contributed by atoms with Gasteiger partial charge >= 0.3 is 5.97 Å². The average Bonchev–Trinajstić information content (AvgIpc) is 2.09. The van der Waals surface area contributed by atoms with Gasteiger partial charge in [-0.15, -0.1) is 0 Å². The molecule has 14 heavy (non-hydrogen) atoms. The molecule has 0 bridgehead atoms. The molecule has 0 fully saturated rings. The molecular formula is C11H17NO2. The summed E-state index contributed by atoms with van der Waals surface area (Å²) in [5.41, 5.74) is 9.31. The highest BCUT2D eigenvalue weighted by Gasteiger charge is 2.16. The fourth-order valence-electron chi connectivity index (χ4n) is 1.70. The first-order valence-corrected chi connectivity index (χ1v) is 4.82. The molecule has 0 heterocycles. The lowest BCUT2D eigenvalue weighted by Crippen LogP contribution is -2.30. The van der Waals surface area contributed by atoms with Crippen LogP contribution in [0.2, 0.25) is 0 Å². The number of hydrogen-bond acceptors (Lipinski definition) is 2. The lowest BCUT2D eigenvalue weighted by atomic mass is 9.90. The third-order valence-electron chi connectivity index (χ3n) is 2.63. The number of carbonyl (C=O) groups is 1. The van der Waals surface area contributed by atoms with Crippen LogP contribution >= 0.6 is 0 Å². The van der Waals surface area contributed by atoms with Crippen molar-refractivity contribution in [3.63, 3.8) is 0 Å². The Labute approximate surface area is 84.3 Å². The van der Waals surface area contributed by atoms with Crippen molar-refractivity contribution in [2.45, 2.75) is 39.2 Å². The number of carboxylic acid groups (broad SMARTS) is 1. The fraction of sp³-hybridized carbons (Fsp3) is 0.545. The van der Waals surface area contributed by atoms with Gasteiger partial charge < -0.3 is 10.8 Å². The highest BCUT2D eigenvalue weighted by molar-refractivity contribution is 5.73. The summed E-state index contributed by atoms with van der Waals surface area (Å²) in [4.78, 5) is 10.6. The molecule has 0 spiro atoms. The highest BCUT2D eigenvalue weighted by Crippen LogP contribution is 2.26. The van der Waals surface area contributed by atoms with E-state index in [2.05, 4.69) is 19.9 Å². The molecule has 1 aliphatic carbocycles. The standard InChI is InChI=1S/C11H17NO2/c1-7-3-4-9(8(2)5-7)6-10(12)11(13)14/h3,10H,4-6,12H2,1-2H3,(H,13,14). The highest BCUT2D eigenvalue weighted by atomic mass is 16.4. The van der Waals surface area contributed by atoms with Crippen LogP contribution in [0.1, 0.15) is 33.1 Å². The van der Waals surface area contributed by atoms with Crippen molar-refractivity contribution in [3.05, 3.63) is 22.8 Å². The number of rotatable bonds is 3. The van der Waals surface area contributed by atoms with Gasteiger partial charge in [0.2, 0.25) is 0 Å². The largest absolute Gasteiger partial charge is 0.480 e. The van der Waals surface area contributed by atoms with Crippen molar-refractivity contribution in [2.24, 2.45) is 5.73 Å². The molecule has 78 valence electrons. The first-order valence-electron chi connectivity index (χ1n) is 4.82. The number of nitrogens with two attached hydrogens (primary N) is 1. The minimum Gasteiger partial charge on any atom is -0.480 e. The zero-order valence-corrected chi connectivity index (χ0v) is 8.71. The second kappa shape index (κ2) is 4.42. The molecule has 3 N–H and O–H groups in total. The second-order valence-electron chi connectivity index (χ2n) is 3.96. The van der Waals surface area contributed by atoms with Crippen LogP contribution in [0.5, 0.6) is 0 Å². The van der Waals surface area contributed by atoms with E-state index in [4.69, 9.17) is 10.8 Å². The summed E-state index contributed by atoms with van der Waals surface area (Å²) < 4.78 is 0. The van der Waals surface area contributed by atoms with Crippen LogP contribution in [0, 0.1) is 0 Å². The summed E-state index contributed by atoms with van der Waals surface area (Å²) in [6, 6.07) is -0.758. The maximum Gasteiger partial charge on any atom is 0.320 e. The topological polar surface area (TPSA) is 63.3 Å². The van der Waals surface area contributed by atoms with Gasteiger partial charge in [0.15, 0.2) is 0 Å². The van der Waals surface area contributed by atoms with Gasteiger partial charge in [0.1, 0.15) is 6.04 Å². The van der Waals surface area contributed by atoms with E-state index in [1.54, 1.807) is 0 Å². The average molecular weight is 195 g/mol. The summed E-state index contributed by atoms with van der Waals surface area (Å²) in [5.74, 6) is -0.920. The van der Waals surface area contributed by atoms with Crippen molar-refractivity contribution in [1.82, 2.24) is 0 Å². The third kappa shape index (κ3) is 2.70. The van der Waals surface area contributed by atoms with Crippen LogP contribution in [0.3, 0.4) is 0 Å². The Balaban J connectivity index is 2.62. The van der Waals surface area contributed by atoms with E-state index in [-0.39, 0.29) is 0 Å². The summed E-state index contributed by atoms with van der Waals surface area (Å²) in [6.07, 6.45) is 4.45. The number of carboxylic acids is 1. The minimum atomic E-state index is -0.920. The molecular weight excluding hydrogens is 178 g/mol. The van der Waals surface area contributed by atoms with Crippen LogP contribution in [0.25, 0.3) is 0 Å². The van der Waals surface area contributed by atoms with E-state index in [1.165, 1.54) is 16.7 Å². The smallest absolute Gasteiger partial charge is 0.320 e. The molecule has 1 atom stereocenters. The maximum absolute atomic E-state index is 10.6. The normalized spacial score (nSPS) is 19.2. The molecule has 0 aromatic rings.